The number of nitrogens with zero attached hydrogens (tertiary/aromatic N) is 2. The summed E-state index contributed by atoms with van der Waals surface area (Å²) in [6.07, 6.45) is -0.946. The highest BCUT2D eigenvalue weighted by Crippen LogP contribution is 2.30. The summed E-state index contributed by atoms with van der Waals surface area (Å²) in [5, 5.41) is 13.5. The molecule has 178 valence electrons. The first kappa shape index (κ1) is 23.6. The van der Waals surface area contributed by atoms with Crippen molar-refractivity contribution in [2.24, 2.45) is 0 Å². The molecular formula is C28H25BrN2O3S. The third-order valence-electron chi connectivity index (χ3n) is 6.17. The van der Waals surface area contributed by atoms with Crippen LogP contribution in [0, 0.1) is 6.92 Å². The highest BCUT2D eigenvalue weighted by atomic mass is 79.9. The average molecular weight is 549 g/mol. The summed E-state index contributed by atoms with van der Waals surface area (Å²) < 4.78 is 31.6. The first-order valence-electron chi connectivity index (χ1n) is 11.3. The van der Waals surface area contributed by atoms with E-state index in [0.29, 0.717) is 5.69 Å². The second kappa shape index (κ2) is 9.49. The van der Waals surface area contributed by atoms with Crippen molar-refractivity contribution in [1.82, 2.24) is 4.57 Å². The van der Waals surface area contributed by atoms with E-state index >= 15 is 0 Å². The van der Waals surface area contributed by atoms with E-state index in [-0.39, 0.29) is 18.0 Å². The lowest BCUT2D eigenvalue weighted by molar-refractivity contribution is 0.166. The van der Waals surface area contributed by atoms with Crippen molar-refractivity contribution in [3.05, 3.63) is 107 Å². The van der Waals surface area contributed by atoms with Gasteiger partial charge in [-0.2, -0.15) is 0 Å². The van der Waals surface area contributed by atoms with Gasteiger partial charge in [-0.25, -0.2) is 8.42 Å². The Balaban J connectivity index is 1.53. The van der Waals surface area contributed by atoms with Gasteiger partial charge in [0.1, 0.15) is 0 Å². The number of fused-ring (bicyclic) bond motifs is 3. The third kappa shape index (κ3) is 4.59. The standard InChI is InChI=1S/C28H25BrN2O3S/c1-20-10-16-24(17-11-20)35(33,34)31(22-14-12-21(29)13-15-22)19-23(32)18-30-27-8-4-2-6-25(27)26-7-3-5-9-28(26)30/h2-17,23,32H,18-19H2,1H3. The van der Waals surface area contributed by atoms with E-state index in [0.717, 1.165) is 31.8 Å². The van der Waals surface area contributed by atoms with Gasteiger partial charge >= 0.3 is 0 Å². The minimum atomic E-state index is -3.89. The van der Waals surface area contributed by atoms with Crippen LogP contribution in [0.1, 0.15) is 5.56 Å². The molecule has 5 aromatic rings. The quantitative estimate of drug-likeness (QED) is 0.266. The molecular weight excluding hydrogens is 524 g/mol. The monoisotopic (exact) mass is 548 g/mol. The lowest BCUT2D eigenvalue weighted by atomic mass is 10.2. The third-order valence-corrected chi connectivity index (χ3v) is 8.51. The lowest BCUT2D eigenvalue weighted by Gasteiger charge is -2.27. The van der Waals surface area contributed by atoms with Gasteiger partial charge in [-0.3, -0.25) is 4.31 Å². The maximum absolute atomic E-state index is 13.7. The maximum atomic E-state index is 13.7. The fraction of sp³-hybridized carbons (Fsp3) is 0.143. The zero-order valence-corrected chi connectivity index (χ0v) is 21.6. The van der Waals surface area contributed by atoms with Gasteiger partial charge in [-0.05, 0) is 55.5 Å². The molecule has 5 nitrogen and oxygen atoms in total. The summed E-state index contributed by atoms with van der Waals surface area (Å²) in [5.41, 5.74) is 3.48. The number of aromatic nitrogens is 1. The van der Waals surface area contributed by atoms with E-state index in [2.05, 4.69) is 32.6 Å². The van der Waals surface area contributed by atoms with Crippen molar-refractivity contribution >= 4 is 53.4 Å². The molecule has 1 atom stereocenters. The zero-order chi connectivity index (χ0) is 24.6. The molecule has 0 bridgehead atoms. The van der Waals surface area contributed by atoms with Crippen LogP contribution in [0.3, 0.4) is 0 Å². The van der Waals surface area contributed by atoms with Crippen LogP contribution in [-0.4, -0.2) is 30.7 Å². The predicted octanol–water partition coefficient (Wildman–Crippen LogP) is 6.12. The van der Waals surface area contributed by atoms with Crippen molar-refractivity contribution in [2.45, 2.75) is 24.5 Å². The van der Waals surface area contributed by atoms with E-state index in [1.54, 1.807) is 48.5 Å². The molecule has 0 aliphatic rings. The Morgan fingerprint density at radius 1 is 0.829 bits per heavy atom. The number of hydrogen-bond donors (Lipinski definition) is 1. The molecule has 1 heterocycles. The van der Waals surface area contributed by atoms with Crippen molar-refractivity contribution in [3.63, 3.8) is 0 Å². The van der Waals surface area contributed by atoms with Gasteiger partial charge in [-0.1, -0.05) is 70.0 Å². The summed E-state index contributed by atoms with van der Waals surface area (Å²) >= 11 is 3.41. The van der Waals surface area contributed by atoms with E-state index < -0.39 is 16.1 Å². The van der Waals surface area contributed by atoms with Crippen LogP contribution in [0.2, 0.25) is 0 Å². The fourth-order valence-electron chi connectivity index (χ4n) is 4.45. The van der Waals surface area contributed by atoms with Gasteiger partial charge in [0.05, 0.1) is 29.8 Å². The molecule has 0 aliphatic carbocycles. The Morgan fingerprint density at radius 2 is 1.37 bits per heavy atom. The Labute approximate surface area is 213 Å². The number of hydrogen-bond acceptors (Lipinski definition) is 3. The van der Waals surface area contributed by atoms with E-state index in [1.807, 2.05) is 43.3 Å². The summed E-state index contributed by atoms with van der Waals surface area (Å²) in [5.74, 6) is 0. The Kier molecular flexibility index (Phi) is 6.40. The number of benzene rings is 4. The first-order valence-corrected chi connectivity index (χ1v) is 13.6. The number of rotatable bonds is 7. The molecule has 0 amide bonds. The number of para-hydroxylation sites is 2. The normalized spacial score (nSPS) is 12.8. The number of sulfonamides is 1. The summed E-state index contributed by atoms with van der Waals surface area (Å²) in [6, 6.07) is 30.0. The van der Waals surface area contributed by atoms with Crippen LogP contribution in [0.25, 0.3) is 21.8 Å². The van der Waals surface area contributed by atoms with Gasteiger partial charge in [-0.15, -0.1) is 0 Å². The highest BCUT2D eigenvalue weighted by molar-refractivity contribution is 9.10. The number of aliphatic hydroxyl groups excluding tert-OH is 1. The molecule has 4 aromatic carbocycles. The molecule has 0 spiro atoms. The Hall–Kier alpha value is -3.13. The Morgan fingerprint density at radius 3 is 1.94 bits per heavy atom. The van der Waals surface area contributed by atoms with Crippen LogP contribution < -0.4 is 4.31 Å². The average Bonchev–Trinajstić information content (AvgIpc) is 3.17. The minimum Gasteiger partial charge on any atom is -0.389 e. The van der Waals surface area contributed by atoms with Crippen LogP contribution in [0.5, 0.6) is 0 Å². The highest BCUT2D eigenvalue weighted by Gasteiger charge is 2.28. The van der Waals surface area contributed by atoms with Gasteiger partial charge in [0.15, 0.2) is 0 Å². The van der Waals surface area contributed by atoms with Crippen molar-refractivity contribution in [3.8, 4) is 0 Å². The Bertz CT molecular complexity index is 1540. The molecule has 35 heavy (non-hydrogen) atoms. The summed E-state index contributed by atoms with van der Waals surface area (Å²) in [4.78, 5) is 0.190. The molecule has 1 unspecified atom stereocenters. The number of anilines is 1. The summed E-state index contributed by atoms with van der Waals surface area (Å²) in [6.45, 7) is 2.08. The van der Waals surface area contributed by atoms with Gasteiger partial charge < -0.3 is 9.67 Å². The topological polar surface area (TPSA) is 62.5 Å². The smallest absolute Gasteiger partial charge is 0.264 e. The van der Waals surface area contributed by atoms with Gasteiger partial charge in [0, 0.05) is 26.3 Å². The predicted molar refractivity (Wildman–Crippen MR) is 145 cm³/mol. The zero-order valence-electron chi connectivity index (χ0n) is 19.2. The van der Waals surface area contributed by atoms with Crippen LogP contribution in [0.4, 0.5) is 5.69 Å². The van der Waals surface area contributed by atoms with Crippen molar-refractivity contribution in [1.29, 1.82) is 0 Å². The second-order valence-electron chi connectivity index (χ2n) is 8.62. The largest absolute Gasteiger partial charge is 0.389 e. The molecule has 1 N–H and O–H groups in total. The minimum absolute atomic E-state index is 0.0846. The molecule has 5 rings (SSSR count). The number of aliphatic hydroxyl groups is 1. The first-order chi connectivity index (χ1) is 16.8. The van der Waals surface area contributed by atoms with Crippen molar-refractivity contribution < 1.29 is 13.5 Å². The molecule has 0 saturated heterocycles. The fourth-order valence-corrected chi connectivity index (χ4v) is 6.21. The SMILES string of the molecule is Cc1ccc(S(=O)(=O)N(CC(O)Cn2c3ccccc3c3ccccc32)c2ccc(Br)cc2)cc1. The molecule has 1 aromatic heterocycles. The van der Waals surface area contributed by atoms with Crippen LogP contribution >= 0.6 is 15.9 Å². The number of aryl methyl sites for hydroxylation is 1. The van der Waals surface area contributed by atoms with E-state index in [1.165, 1.54) is 4.31 Å². The van der Waals surface area contributed by atoms with Crippen molar-refractivity contribution in [2.75, 3.05) is 10.8 Å². The van der Waals surface area contributed by atoms with E-state index in [9.17, 15) is 13.5 Å². The molecule has 0 saturated carbocycles. The van der Waals surface area contributed by atoms with Gasteiger partial charge in [0.25, 0.3) is 10.0 Å². The molecule has 0 fully saturated rings. The molecule has 0 radical (unpaired) electrons. The lowest BCUT2D eigenvalue weighted by Crippen LogP contribution is -2.39. The second-order valence-corrected chi connectivity index (χ2v) is 11.4. The van der Waals surface area contributed by atoms with Crippen LogP contribution in [0.15, 0.2) is 106 Å². The van der Waals surface area contributed by atoms with E-state index in [4.69, 9.17) is 0 Å². The number of halogens is 1. The molecule has 0 aliphatic heterocycles. The molecule has 7 heteroatoms. The summed E-state index contributed by atoms with van der Waals surface area (Å²) in [7, 11) is -3.89. The maximum Gasteiger partial charge on any atom is 0.264 e. The van der Waals surface area contributed by atoms with Crippen LogP contribution in [-0.2, 0) is 16.6 Å². The van der Waals surface area contributed by atoms with Gasteiger partial charge in [0.2, 0.25) is 0 Å².